The van der Waals surface area contributed by atoms with Gasteiger partial charge in [-0.25, -0.2) is 4.79 Å². The van der Waals surface area contributed by atoms with E-state index in [2.05, 4.69) is 64.6 Å². The summed E-state index contributed by atoms with van der Waals surface area (Å²) >= 11 is 0. The number of carbonyl (C=O) groups excluding carboxylic acids is 2. The minimum absolute atomic E-state index is 0.0452. The van der Waals surface area contributed by atoms with Crippen molar-refractivity contribution >= 4 is 11.8 Å². The van der Waals surface area contributed by atoms with Gasteiger partial charge in [0.2, 0.25) is 0 Å². The highest BCUT2D eigenvalue weighted by molar-refractivity contribution is 5.95. The first-order chi connectivity index (χ1) is 18.6. The Labute approximate surface area is 240 Å². The fraction of sp³-hybridized carbons (Fsp3) is 0.794. The zero-order valence-corrected chi connectivity index (χ0v) is 26.0. The van der Waals surface area contributed by atoms with Gasteiger partial charge in [-0.2, -0.15) is 0 Å². The lowest BCUT2D eigenvalue weighted by Crippen LogP contribution is -2.70. The van der Waals surface area contributed by atoms with Crippen molar-refractivity contribution in [2.75, 3.05) is 20.1 Å². The molecule has 7 rings (SSSR count). The van der Waals surface area contributed by atoms with Crippen molar-refractivity contribution in [1.29, 1.82) is 0 Å². The van der Waals surface area contributed by atoms with Crippen LogP contribution >= 0.6 is 0 Å². The molecule has 1 saturated heterocycles. The van der Waals surface area contributed by atoms with Crippen LogP contribution in [0.5, 0.6) is 0 Å². The average molecular weight is 548 g/mol. The van der Waals surface area contributed by atoms with Crippen LogP contribution in [-0.4, -0.2) is 52.4 Å². The van der Waals surface area contributed by atoms with Gasteiger partial charge in [-0.3, -0.25) is 4.79 Å². The molecule has 0 spiro atoms. The second kappa shape index (κ2) is 7.83. The molecule has 40 heavy (non-hydrogen) atoms. The number of urea groups is 1. The van der Waals surface area contributed by atoms with Crippen molar-refractivity contribution in [1.82, 2.24) is 15.0 Å². The van der Waals surface area contributed by atoms with E-state index < -0.39 is 0 Å². The number of hydrogen-bond donors (Lipinski definition) is 0. The predicted octanol–water partition coefficient (Wildman–Crippen LogP) is 6.79. The second-order valence-electron chi connectivity index (χ2n) is 16.7. The smallest absolute Gasteiger partial charge is 0.320 e. The SMILES string of the molecule is CN1CCN([C@]23CCC(C)(C)C[C@H]2[C@H]2C(=O)C=C4[C@@]5(C)Cc6cnoc6C(C)(C)[C@@H]5CC[C@@]4(C)[C@]2(C)CC3)C1=O. The lowest BCUT2D eigenvalue weighted by atomic mass is 9.34. The number of nitrogens with zero attached hydrogens (tertiary/aromatic N) is 3. The molecule has 6 aliphatic rings. The van der Waals surface area contributed by atoms with E-state index in [9.17, 15) is 9.59 Å². The molecule has 0 unspecified atom stereocenters. The van der Waals surface area contributed by atoms with Gasteiger partial charge in [0.15, 0.2) is 5.78 Å². The van der Waals surface area contributed by atoms with Crippen LogP contribution in [0.25, 0.3) is 0 Å². The van der Waals surface area contributed by atoms with E-state index in [1.54, 1.807) is 0 Å². The van der Waals surface area contributed by atoms with Gasteiger partial charge in [0.05, 0.1) is 6.20 Å². The summed E-state index contributed by atoms with van der Waals surface area (Å²) in [5.41, 5.74) is 2.16. The van der Waals surface area contributed by atoms with Gasteiger partial charge < -0.3 is 14.3 Å². The van der Waals surface area contributed by atoms with Gasteiger partial charge in [0, 0.05) is 42.6 Å². The second-order valence-corrected chi connectivity index (χ2v) is 16.7. The van der Waals surface area contributed by atoms with Crippen LogP contribution in [0, 0.1) is 39.4 Å². The number of likely N-dealkylation sites (N-methyl/N-ethyl adjacent to an activating group) is 1. The summed E-state index contributed by atoms with van der Waals surface area (Å²) in [7, 11) is 1.93. The molecule has 1 aromatic rings. The third-order valence-corrected chi connectivity index (χ3v) is 14.0. The van der Waals surface area contributed by atoms with E-state index in [1.807, 2.05) is 18.1 Å². The average Bonchev–Trinajstić information content (AvgIpc) is 3.47. The molecule has 3 saturated carbocycles. The molecule has 5 aliphatic carbocycles. The van der Waals surface area contributed by atoms with Gasteiger partial charge >= 0.3 is 6.03 Å². The van der Waals surface area contributed by atoms with Gasteiger partial charge in [-0.1, -0.05) is 59.2 Å². The molecule has 0 aromatic carbocycles. The molecule has 1 aliphatic heterocycles. The Balaban J connectivity index is 1.37. The topological polar surface area (TPSA) is 66.7 Å². The molecule has 0 radical (unpaired) electrons. The number of carbonyl (C=O) groups is 2. The Kier molecular flexibility index (Phi) is 5.24. The number of fused-ring (bicyclic) bond motifs is 8. The van der Waals surface area contributed by atoms with Crippen LogP contribution in [0.2, 0.25) is 0 Å². The number of allylic oxidation sites excluding steroid dienone is 2. The number of rotatable bonds is 1. The summed E-state index contributed by atoms with van der Waals surface area (Å²) in [4.78, 5) is 32.4. The standard InChI is InChI=1S/C34H49N3O3/c1-29(2)11-13-34(37-16-15-36(8)28(37)39)14-12-33(7)26(22(34)19-29)23(38)17-25-31(5)18-21-20-35-40-27(21)30(3,4)24(31)9-10-32(25,33)6/h17,20,22,24,26H,9-16,18-19H2,1-8H3/t22-,24-,26-,31-,32+,33+,34-/m0/s1. The van der Waals surface area contributed by atoms with Gasteiger partial charge in [-0.05, 0) is 90.9 Å². The van der Waals surface area contributed by atoms with Gasteiger partial charge in [-0.15, -0.1) is 0 Å². The monoisotopic (exact) mass is 547 g/mol. The van der Waals surface area contributed by atoms with E-state index in [-0.39, 0.29) is 50.5 Å². The summed E-state index contributed by atoms with van der Waals surface area (Å²) in [6, 6.07) is 0.168. The molecule has 6 heteroatoms. The molecule has 0 N–H and O–H groups in total. The fourth-order valence-corrected chi connectivity index (χ4v) is 11.8. The third-order valence-electron chi connectivity index (χ3n) is 14.0. The van der Waals surface area contributed by atoms with E-state index in [0.29, 0.717) is 11.7 Å². The number of ketones is 1. The zero-order chi connectivity index (χ0) is 28.7. The summed E-state index contributed by atoms with van der Waals surface area (Å²) in [5, 5.41) is 4.22. The minimum atomic E-state index is -0.204. The lowest BCUT2D eigenvalue weighted by molar-refractivity contribution is -0.171. The summed E-state index contributed by atoms with van der Waals surface area (Å²) in [5.74, 6) is 1.93. The van der Waals surface area contributed by atoms with Crippen LogP contribution in [0.1, 0.15) is 105 Å². The molecule has 4 fully saturated rings. The predicted molar refractivity (Wildman–Crippen MR) is 155 cm³/mol. The molecule has 7 atom stereocenters. The highest BCUT2D eigenvalue weighted by atomic mass is 16.5. The normalized spacial score (nSPS) is 45.2. The van der Waals surface area contributed by atoms with Crippen molar-refractivity contribution in [3.05, 3.63) is 29.2 Å². The summed E-state index contributed by atoms with van der Waals surface area (Å²) in [6.45, 7) is 18.4. The van der Waals surface area contributed by atoms with Crippen LogP contribution in [0.3, 0.4) is 0 Å². The van der Waals surface area contributed by atoms with Crippen LogP contribution in [-0.2, 0) is 16.6 Å². The lowest BCUT2D eigenvalue weighted by Gasteiger charge is -2.70. The maximum Gasteiger partial charge on any atom is 0.320 e. The van der Waals surface area contributed by atoms with Crippen molar-refractivity contribution in [2.24, 2.45) is 39.4 Å². The molecular formula is C34H49N3O3. The van der Waals surface area contributed by atoms with Crippen molar-refractivity contribution < 1.29 is 14.1 Å². The Morgan fingerprint density at radius 3 is 2.38 bits per heavy atom. The number of hydrogen-bond acceptors (Lipinski definition) is 4. The molecule has 2 heterocycles. The third kappa shape index (κ3) is 3.04. The Bertz CT molecular complexity index is 1330. The Morgan fingerprint density at radius 2 is 1.68 bits per heavy atom. The van der Waals surface area contributed by atoms with Crippen molar-refractivity contribution in [3.8, 4) is 0 Å². The minimum Gasteiger partial charge on any atom is -0.361 e. The van der Waals surface area contributed by atoms with Crippen LogP contribution < -0.4 is 0 Å². The maximum absolute atomic E-state index is 14.8. The van der Waals surface area contributed by atoms with Gasteiger partial charge in [0.25, 0.3) is 0 Å². The fourth-order valence-electron chi connectivity index (χ4n) is 11.8. The highest BCUT2D eigenvalue weighted by Crippen LogP contribution is 2.74. The largest absolute Gasteiger partial charge is 0.361 e. The number of aromatic nitrogens is 1. The van der Waals surface area contributed by atoms with Crippen molar-refractivity contribution in [3.63, 3.8) is 0 Å². The molecular weight excluding hydrogens is 498 g/mol. The van der Waals surface area contributed by atoms with Crippen LogP contribution in [0.4, 0.5) is 4.79 Å². The first kappa shape index (κ1) is 26.8. The van der Waals surface area contributed by atoms with Gasteiger partial charge in [0.1, 0.15) is 5.76 Å². The first-order valence-electron chi connectivity index (χ1n) is 15.8. The van der Waals surface area contributed by atoms with Crippen LogP contribution in [0.15, 0.2) is 22.4 Å². The first-order valence-corrected chi connectivity index (χ1v) is 15.8. The van der Waals surface area contributed by atoms with E-state index in [4.69, 9.17) is 4.52 Å². The number of amides is 2. The Hall–Kier alpha value is -2.11. The molecule has 2 amide bonds. The molecule has 0 bridgehead atoms. The molecule has 1 aromatic heterocycles. The summed E-state index contributed by atoms with van der Waals surface area (Å²) < 4.78 is 5.84. The summed E-state index contributed by atoms with van der Waals surface area (Å²) in [6.07, 6.45) is 12.3. The van der Waals surface area contributed by atoms with Crippen molar-refractivity contribution in [2.45, 2.75) is 111 Å². The Morgan fingerprint density at radius 1 is 0.950 bits per heavy atom. The maximum atomic E-state index is 14.8. The quantitative estimate of drug-likeness (QED) is 0.388. The molecule has 218 valence electrons. The van der Waals surface area contributed by atoms with E-state index >= 15 is 0 Å². The molecule has 6 nitrogen and oxygen atoms in total. The van der Waals surface area contributed by atoms with E-state index in [1.165, 1.54) is 11.1 Å². The van der Waals surface area contributed by atoms with E-state index in [0.717, 1.165) is 70.2 Å². The zero-order valence-electron chi connectivity index (χ0n) is 26.0. The highest BCUT2D eigenvalue weighted by Gasteiger charge is 2.71.